The van der Waals surface area contributed by atoms with Gasteiger partial charge >= 0.3 is 0 Å². The summed E-state index contributed by atoms with van der Waals surface area (Å²) >= 11 is 5.94. The van der Waals surface area contributed by atoms with Crippen LogP contribution in [0.5, 0.6) is 5.75 Å². The van der Waals surface area contributed by atoms with Gasteiger partial charge in [-0.2, -0.15) is 5.48 Å². The lowest BCUT2D eigenvalue weighted by Gasteiger charge is -2.20. The summed E-state index contributed by atoms with van der Waals surface area (Å²) in [6, 6.07) is 14.6. The van der Waals surface area contributed by atoms with E-state index in [9.17, 15) is 5.11 Å². The van der Waals surface area contributed by atoms with Crippen LogP contribution in [0.4, 0.5) is 0 Å². The number of benzene rings is 2. The fourth-order valence-corrected chi connectivity index (χ4v) is 2.07. The Hall–Kier alpha value is -1.55. The summed E-state index contributed by atoms with van der Waals surface area (Å²) < 4.78 is 0. The van der Waals surface area contributed by atoms with E-state index in [2.05, 4.69) is 19.3 Å². The third-order valence-electron chi connectivity index (χ3n) is 3.05. The highest BCUT2D eigenvalue weighted by atomic mass is 35.5. The average Bonchev–Trinajstić information content (AvgIpc) is 2.46. The Kier molecular flexibility index (Phi) is 5.62. The highest BCUT2D eigenvalue weighted by Crippen LogP contribution is 2.25. The molecule has 1 atom stereocenters. The van der Waals surface area contributed by atoms with Gasteiger partial charge in [-0.05, 0) is 41.3 Å². The number of phenolic OH excluding ortho intramolecular Hbond substituents is 1. The first kappa shape index (κ1) is 15.8. The Morgan fingerprint density at radius 1 is 1.00 bits per heavy atom. The van der Waals surface area contributed by atoms with Crippen molar-refractivity contribution in [2.45, 2.75) is 19.9 Å². The monoisotopic (exact) mass is 305 g/mol. The Bertz CT molecular complexity index is 507. The summed E-state index contributed by atoms with van der Waals surface area (Å²) in [4.78, 5) is 5.58. The molecular formula is C17H20ClNO2. The average molecular weight is 306 g/mol. The lowest BCUT2D eigenvalue weighted by molar-refractivity contribution is 0.00838. The molecule has 2 aromatic rings. The SMILES string of the molecule is CC(C)CONC(c1ccc(O)cc1)c1ccc(Cl)cc1. The van der Waals surface area contributed by atoms with Crippen molar-refractivity contribution in [3.8, 4) is 5.75 Å². The Morgan fingerprint density at radius 3 is 2.05 bits per heavy atom. The Morgan fingerprint density at radius 2 is 1.52 bits per heavy atom. The molecule has 0 radical (unpaired) electrons. The van der Waals surface area contributed by atoms with E-state index in [0.29, 0.717) is 17.5 Å². The molecule has 0 saturated heterocycles. The maximum Gasteiger partial charge on any atom is 0.115 e. The molecule has 3 nitrogen and oxygen atoms in total. The molecule has 0 aliphatic heterocycles. The van der Waals surface area contributed by atoms with Crippen molar-refractivity contribution < 1.29 is 9.94 Å². The van der Waals surface area contributed by atoms with Crippen LogP contribution in [-0.2, 0) is 4.84 Å². The number of nitrogens with one attached hydrogen (secondary N) is 1. The fraction of sp³-hybridized carbons (Fsp3) is 0.294. The highest BCUT2D eigenvalue weighted by molar-refractivity contribution is 6.30. The van der Waals surface area contributed by atoms with Crippen molar-refractivity contribution in [3.05, 3.63) is 64.7 Å². The van der Waals surface area contributed by atoms with Gasteiger partial charge in [0.15, 0.2) is 0 Å². The van der Waals surface area contributed by atoms with E-state index >= 15 is 0 Å². The minimum atomic E-state index is -0.110. The molecule has 2 N–H and O–H groups in total. The standard InChI is InChI=1S/C17H20ClNO2/c1-12(2)11-21-19-17(13-3-7-15(18)8-4-13)14-5-9-16(20)10-6-14/h3-10,12,17,19-20H,11H2,1-2H3. The molecule has 0 aliphatic carbocycles. The van der Waals surface area contributed by atoms with E-state index in [1.54, 1.807) is 12.1 Å². The second kappa shape index (κ2) is 7.46. The van der Waals surface area contributed by atoms with Crippen LogP contribution < -0.4 is 5.48 Å². The van der Waals surface area contributed by atoms with E-state index in [1.165, 1.54) is 0 Å². The van der Waals surface area contributed by atoms with E-state index < -0.39 is 0 Å². The third kappa shape index (κ3) is 4.74. The van der Waals surface area contributed by atoms with Gasteiger partial charge in [0.1, 0.15) is 5.75 Å². The van der Waals surface area contributed by atoms with Gasteiger partial charge in [0.05, 0.1) is 12.6 Å². The van der Waals surface area contributed by atoms with Crippen molar-refractivity contribution >= 4 is 11.6 Å². The quantitative estimate of drug-likeness (QED) is 0.781. The molecule has 0 fully saturated rings. The predicted octanol–water partition coefficient (Wildman–Crippen LogP) is 4.31. The maximum absolute atomic E-state index is 9.43. The zero-order valence-electron chi connectivity index (χ0n) is 12.2. The van der Waals surface area contributed by atoms with Gasteiger partial charge in [-0.25, -0.2) is 0 Å². The number of aromatic hydroxyl groups is 1. The topological polar surface area (TPSA) is 41.5 Å². The fourth-order valence-electron chi connectivity index (χ4n) is 1.95. The zero-order valence-corrected chi connectivity index (χ0v) is 13.0. The lowest BCUT2D eigenvalue weighted by atomic mass is 9.99. The highest BCUT2D eigenvalue weighted by Gasteiger charge is 2.14. The molecule has 0 amide bonds. The number of hydroxylamine groups is 1. The number of halogens is 1. The molecule has 0 spiro atoms. The number of phenols is 1. The van der Waals surface area contributed by atoms with Gasteiger partial charge < -0.3 is 9.94 Å². The Labute approximate surface area is 130 Å². The van der Waals surface area contributed by atoms with Crippen LogP contribution in [0.1, 0.15) is 31.0 Å². The zero-order chi connectivity index (χ0) is 15.2. The van der Waals surface area contributed by atoms with Gasteiger partial charge in [-0.1, -0.05) is 49.7 Å². The van der Waals surface area contributed by atoms with Crippen LogP contribution in [0, 0.1) is 5.92 Å². The molecule has 21 heavy (non-hydrogen) atoms. The molecule has 2 aromatic carbocycles. The van der Waals surface area contributed by atoms with Crippen molar-refractivity contribution in [1.82, 2.24) is 5.48 Å². The molecular weight excluding hydrogens is 286 g/mol. The van der Waals surface area contributed by atoms with E-state index in [4.69, 9.17) is 16.4 Å². The molecule has 2 rings (SSSR count). The molecule has 0 heterocycles. The molecule has 112 valence electrons. The minimum Gasteiger partial charge on any atom is -0.508 e. The summed E-state index contributed by atoms with van der Waals surface area (Å²) in [6.07, 6.45) is 0. The Balaban J connectivity index is 2.21. The molecule has 0 aliphatic rings. The number of rotatable bonds is 6. The van der Waals surface area contributed by atoms with Crippen LogP contribution in [0.3, 0.4) is 0 Å². The van der Waals surface area contributed by atoms with E-state index in [-0.39, 0.29) is 11.8 Å². The largest absolute Gasteiger partial charge is 0.508 e. The van der Waals surface area contributed by atoms with Crippen LogP contribution in [0.25, 0.3) is 0 Å². The van der Waals surface area contributed by atoms with Gasteiger partial charge in [-0.15, -0.1) is 0 Å². The van der Waals surface area contributed by atoms with Gasteiger partial charge in [0.25, 0.3) is 0 Å². The summed E-state index contributed by atoms with van der Waals surface area (Å²) in [5.74, 6) is 0.694. The van der Waals surface area contributed by atoms with Crippen LogP contribution in [0.15, 0.2) is 48.5 Å². The summed E-state index contributed by atoms with van der Waals surface area (Å²) in [5.41, 5.74) is 5.16. The minimum absolute atomic E-state index is 0.110. The summed E-state index contributed by atoms with van der Waals surface area (Å²) in [6.45, 7) is 4.82. The first-order chi connectivity index (χ1) is 10.1. The second-order valence-electron chi connectivity index (χ2n) is 5.40. The summed E-state index contributed by atoms with van der Waals surface area (Å²) in [5, 5.41) is 10.1. The molecule has 4 heteroatoms. The lowest BCUT2D eigenvalue weighted by Crippen LogP contribution is -2.24. The summed E-state index contributed by atoms with van der Waals surface area (Å²) in [7, 11) is 0. The van der Waals surface area contributed by atoms with Crippen molar-refractivity contribution in [2.75, 3.05) is 6.61 Å². The first-order valence-corrected chi connectivity index (χ1v) is 7.36. The van der Waals surface area contributed by atoms with Crippen molar-refractivity contribution in [3.63, 3.8) is 0 Å². The van der Waals surface area contributed by atoms with Gasteiger partial charge in [0, 0.05) is 5.02 Å². The number of hydrogen-bond acceptors (Lipinski definition) is 3. The molecule has 1 unspecified atom stereocenters. The van der Waals surface area contributed by atoms with Crippen LogP contribution in [0.2, 0.25) is 5.02 Å². The van der Waals surface area contributed by atoms with Crippen LogP contribution >= 0.6 is 11.6 Å². The number of hydrogen-bond donors (Lipinski definition) is 2. The van der Waals surface area contributed by atoms with Crippen LogP contribution in [-0.4, -0.2) is 11.7 Å². The van der Waals surface area contributed by atoms with Crippen molar-refractivity contribution in [2.24, 2.45) is 5.92 Å². The van der Waals surface area contributed by atoms with Crippen molar-refractivity contribution in [1.29, 1.82) is 0 Å². The molecule has 0 saturated carbocycles. The second-order valence-corrected chi connectivity index (χ2v) is 5.84. The maximum atomic E-state index is 9.43. The molecule has 0 bridgehead atoms. The smallest absolute Gasteiger partial charge is 0.115 e. The van der Waals surface area contributed by atoms with E-state index in [0.717, 1.165) is 11.1 Å². The van der Waals surface area contributed by atoms with E-state index in [1.807, 2.05) is 36.4 Å². The van der Waals surface area contributed by atoms with Gasteiger partial charge in [-0.3, -0.25) is 0 Å². The molecule has 0 aromatic heterocycles. The first-order valence-electron chi connectivity index (χ1n) is 6.98. The normalized spacial score (nSPS) is 12.6. The van der Waals surface area contributed by atoms with Gasteiger partial charge in [0.2, 0.25) is 0 Å². The predicted molar refractivity (Wildman–Crippen MR) is 85.3 cm³/mol. The third-order valence-corrected chi connectivity index (χ3v) is 3.30.